The van der Waals surface area contributed by atoms with Crippen molar-refractivity contribution in [3.05, 3.63) is 42.0 Å². The van der Waals surface area contributed by atoms with Gasteiger partial charge in [0.05, 0.1) is 7.11 Å². The van der Waals surface area contributed by atoms with E-state index in [2.05, 4.69) is 0 Å². The lowest BCUT2D eigenvalue weighted by Gasteiger charge is -2.03. The molecule has 3 heteroatoms. The summed E-state index contributed by atoms with van der Waals surface area (Å²) in [6, 6.07) is 11.2. The van der Waals surface area contributed by atoms with Crippen LogP contribution in [0.25, 0.3) is 21.9 Å². The second-order valence-electron chi connectivity index (χ2n) is 4.17. The van der Waals surface area contributed by atoms with Gasteiger partial charge in [-0.1, -0.05) is 18.2 Å². The van der Waals surface area contributed by atoms with Crippen LogP contribution in [0, 0.1) is 0 Å². The van der Waals surface area contributed by atoms with Gasteiger partial charge in [-0.3, -0.25) is 4.79 Å². The molecule has 0 aliphatic heterocycles. The highest BCUT2D eigenvalue weighted by Crippen LogP contribution is 2.36. The molecule has 3 nitrogen and oxygen atoms in total. The average molecular weight is 240 g/mol. The van der Waals surface area contributed by atoms with Gasteiger partial charge in [0.15, 0.2) is 17.1 Å². The molecule has 90 valence electrons. The minimum Gasteiger partial charge on any atom is -0.493 e. The molecule has 3 aromatic rings. The quantitative estimate of drug-likeness (QED) is 0.639. The summed E-state index contributed by atoms with van der Waals surface area (Å²) in [5, 5.41) is 1.77. The number of para-hydroxylation sites is 1. The molecule has 1 aromatic heterocycles. The number of rotatable bonds is 2. The summed E-state index contributed by atoms with van der Waals surface area (Å²) in [4.78, 5) is 11.7. The molecule has 1 heterocycles. The van der Waals surface area contributed by atoms with Gasteiger partial charge in [-0.25, -0.2) is 0 Å². The highest BCUT2D eigenvalue weighted by Gasteiger charge is 2.16. The molecule has 0 aliphatic carbocycles. The number of ketones is 1. The smallest absolute Gasteiger partial charge is 0.177 e. The summed E-state index contributed by atoms with van der Waals surface area (Å²) >= 11 is 0. The van der Waals surface area contributed by atoms with Gasteiger partial charge in [-0.2, -0.15) is 0 Å². The zero-order valence-electron chi connectivity index (χ0n) is 10.2. The zero-order chi connectivity index (χ0) is 12.7. The van der Waals surface area contributed by atoms with Gasteiger partial charge in [-0.05, 0) is 25.1 Å². The standard InChI is InChI=1S/C15H12O3/c1-9(16)10-7-8-13(17-2)15-14(10)11-5-3-4-6-12(11)18-15/h3-8H,1-2H3. The molecule has 0 saturated carbocycles. The van der Waals surface area contributed by atoms with Crippen molar-refractivity contribution in [1.29, 1.82) is 0 Å². The number of ether oxygens (including phenoxy) is 1. The summed E-state index contributed by atoms with van der Waals surface area (Å²) in [7, 11) is 1.59. The van der Waals surface area contributed by atoms with Gasteiger partial charge >= 0.3 is 0 Å². The predicted molar refractivity (Wildman–Crippen MR) is 70.3 cm³/mol. The SMILES string of the molecule is COc1ccc(C(C)=O)c2c1oc1ccccc12. The molecule has 0 fully saturated rings. The number of benzene rings is 2. The molecule has 0 radical (unpaired) electrons. The number of hydrogen-bond acceptors (Lipinski definition) is 3. The Balaban J connectivity index is 2.56. The van der Waals surface area contributed by atoms with Gasteiger partial charge in [0.2, 0.25) is 0 Å². The van der Waals surface area contributed by atoms with E-state index in [9.17, 15) is 4.79 Å². The van der Waals surface area contributed by atoms with Crippen molar-refractivity contribution < 1.29 is 13.9 Å². The van der Waals surface area contributed by atoms with Crippen LogP contribution in [0.15, 0.2) is 40.8 Å². The van der Waals surface area contributed by atoms with Crippen LogP contribution in [0.3, 0.4) is 0 Å². The molecule has 0 bridgehead atoms. The van der Waals surface area contributed by atoms with E-state index in [1.807, 2.05) is 24.3 Å². The van der Waals surface area contributed by atoms with Crippen LogP contribution >= 0.6 is 0 Å². The first kappa shape index (κ1) is 10.8. The van der Waals surface area contributed by atoms with Crippen LogP contribution in [0.4, 0.5) is 0 Å². The fourth-order valence-electron chi connectivity index (χ4n) is 2.26. The number of methoxy groups -OCH3 is 1. The Morgan fingerprint density at radius 3 is 2.67 bits per heavy atom. The molecule has 0 unspecified atom stereocenters. The Bertz CT molecular complexity index is 753. The van der Waals surface area contributed by atoms with Gasteiger partial charge in [0, 0.05) is 16.3 Å². The number of carbonyl (C=O) groups excluding carboxylic acids is 1. The molecular weight excluding hydrogens is 228 g/mol. The lowest BCUT2D eigenvalue weighted by atomic mass is 10.0. The summed E-state index contributed by atoms with van der Waals surface area (Å²) in [5.74, 6) is 0.667. The topological polar surface area (TPSA) is 39.4 Å². The van der Waals surface area contributed by atoms with Crippen molar-refractivity contribution in [1.82, 2.24) is 0 Å². The molecule has 0 atom stereocenters. The van der Waals surface area contributed by atoms with E-state index in [1.165, 1.54) is 0 Å². The summed E-state index contributed by atoms with van der Waals surface area (Å²) in [5.41, 5.74) is 2.06. The van der Waals surface area contributed by atoms with Crippen LogP contribution in [0.1, 0.15) is 17.3 Å². The number of Topliss-reactive ketones (excluding diaryl/α,β-unsaturated/α-hetero) is 1. The Morgan fingerprint density at radius 2 is 1.94 bits per heavy atom. The minimum atomic E-state index is 0.0224. The number of carbonyl (C=O) groups is 1. The van der Waals surface area contributed by atoms with E-state index in [0.717, 1.165) is 16.4 Å². The fourth-order valence-corrected chi connectivity index (χ4v) is 2.26. The molecule has 18 heavy (non-hydrogen) atoms. The Kier molecular flexibility index (Phi) is 2.33. The van der Waals surface area contributed by atoms with Crippen molar-refractivity contribution in [2.45, 2.75) is 6.92 Å². The maximum absolute atomic E-state index is 11.7. The highest BCUT2D eigenvalue weighted by atomic mass is 16.5. The van der Waals surface area contributed by atoms with Crippen molar-refractivity contribution in [2.75, 3.05) is 7.11 Å². The van der Waals surface area contributed by atoms with Gasteiger partial charge < -0.3 is 9.15 Å². The van der Waals surface area contributed by atoms with Crippen LogP contribution in [0.2, 0.25) is 0 Å². The maximum atomic E-state index is 11.7. The largest absolute Gasteiger partial charge is 0.493 e. The van der Waals surface area contributed by atoms with E-state index in [4.69, 9.17) is 9.15 Å². The van der Waals surface area contributed by atoms with Gasteiger partial charge in [-0.15, -0.1) is 0 Å². The van der Waals surface area contributed by atoms with Crippen molar-refractivity contribution in [2.24, 2.45) is 0 Å². The molecule has 3 rings (SSSR count). The molecule has 0 saturated heterocycles. The number of fused-ring (bicyclic) bond motifs is 3. The predicted octanol–water partition coefficient (Wildman–Crippen LogP) is 3.80. The normalized spacial score (nSPS) is 11.0. The second kappa shape index (κ2) is 3.88. The molecule has 0 N–H and O–H groups in total. The first-order chi connectivity index (χ1) is 8.72. The molecule has 2 aromatic carbocycles. The molecule has 0 amide bonds. The lowest BCUT2D eigenvalue weighted by molar-refractivity contribution is 0.101. The summed E-state index contributed by atoms with van der Waals surface area (Å²) in [6.45, 7) is 1.56. The number of hydrogen-bond donors (Lipinski definition) is 0. The van der Waals surface area contributed by atoms with E-state index in [1.54, 1.807) is 26.2 Å². The van der Waals surface area contributed by atoms with E-state index in [0.29, 0.717) is 16.9 Å². The third-order valence-corrected chi connectivity index (χ3v) is 3.09. The first-order valence-corrected chi connectivity index (χ1v) is 5.71. The Labute approximate surface area is 104 Å². The third-order valence-electron chi connectivity index (χ3n) is 3.09. The van der Waals surface area contributed by atoms with Crippen molar-refractivity contribution in [3.63, 3.8) is 0 Å². The van der Waals surface area contributed by atoms with Crippen LogP contribution in [-0.2, 0) is 0 Å². The molecule has 0 spiro atoms. The Hall–Kier alpha value is -2.29. The maximum Gasteiger partial charge on any atom is 0.177 e. The zero-order valence-corrected chi connectivity index (χ0v) is 10.2. The summed E-state index contributed by atoms with van der Waals surface area (Å²) < 4.78 is 11.1. The first-order valence-electron chi connectivity index (χ1n) is 5.71. The van der Waals surface area contributed by atoms with Crippen LogP contribution in [0.5, 0.6) is 5.75 Å². The summed E-state index contributed by atoms with van der Waals surface area (Å²) in [6.07, 6.45) is 0. The third kappa shape index (κ3) is 1.40. The van der Waals surface area contributed by atoms with E-state index >= 15 is 0 Å². The van der Waals surface area contributed by atoms with Crippen molar-refractivity contribution in [3.8, 4) is 5.75 Å². The molecular formula is C15H12O3. The van der Waals surface area contributed by atoms with Gasteiger partial charge in [0.25, 0.3) is 0 Å². The van der Waals surface area contributed by atoms with E-state index < -0.39 is 0 Å². The Morgan fingerprint density at radius 1 is 1.17 bits per heavy atom. The van der Waals surface area contributed by atoms with Crippen LogP contribution in [-0.4, -0.2) is 12.9 Å². The average Bonchev–Trinajstić information content (AvgIpc) is 2.76. The fraction of sp³-hybridized carbons (Fsp3) is 0.133. The number of furan rings is 1. The second-order valence-corrected chi connectivity index (χ2v) is 4.17. The van der Waals surface area contributed by atoms with E-state index in [-0.39, 0.29) is 5.78 Å². The van der Waals surface area contributed by atoms with Crippen LogP contribution < -0.4 is 4.74 Å². The highest BCUT2D eigenvalue weighted by molar-refractivity contribution is 6.17. The monoisotopic (exact) mass is 240 g/mol. The van der Waals surface area contributed by atoms with Gasteiger partial charge in [0.1, 0.15) is 5.58 Å². The van der Waals surface area contributed by atoms with Crippen molar-refractivity contribution >= 4 is 27.7 Å². The molecule has 0 aliphatic rings. The minimum absolute atomic E-state index is 0.0224. The lowest BCUT2D eigenvalue weighted by Crippen LogP contribution is -1.94.